The molecule has 1 aliphatic heterocycles. The van der Waals surface area contributed by atoms with Crippen LogP contribution >= 0.6 is 0 Å². The predicted octanol–water partition coefficient (Wildman–Crippen LogP) is 2.65. The van der Waals surface area contributed by atoms with Gasteiger partial charge in [-0.3, -0.25) is 4.79 Å². The number of ether oxygens (including phenoxy) is 3. The molecule has 2 aromatic carbocycles. The third kappa shape index (κ3) is 4.50. The summed E-state index contributed by atoms with van der Waals surface area (Å²) in [7, 11) is 3.24. The molecule has 0 saturated carbocycles. The molecule has 1 fully saturated rings. The molecule has 2 atom stereocenters. The highest BCUT2D eigenvalue weighted by molar-refractivity contribution is 5.95. The molecule has 0 radical (unpaired) electrons. The van der Waals surface area contributed by atoms with Gasteiger partial charge in [0.1, 0.15) is 23.3 Å². The summed E-state index contributed by atoms with van der Waals surface area (Å²) in [5.74, 6) is 2.14. The Hall–Kier alpha value is -2.77. The van der Waals surface area contributed by atoms with E-state index < -0.39 is 0 Å². The fraction of sp³-hybridized carbons (Fsp3) is 0.350. The molecule has 0 aromatic heterocycles. The van der Waals surface area contributed by atoms with Crippen LogP contribution in [-0.4, -0.2) is 32.8 Å². The van der Waals surface area contributed by atoms with E-state index in [1.165, 1.54) is 0 Å². The van der Waals surface area contributed by atoms with Crippen molar-refractivity contribution in [2.45, 2.75) is 25.4 Å². The standard InChI is InChI=1S/C20H25N3O4/c1-4-27-14-7-5-13(6-8-14)21-20(24)18-12-17(22-23-18)16-10-9-15(25-2)11-19(16)26-3/h5-11,17-18,22-23H,4,12H2,1-3H3,(H,21,24). The summed E-state index contributed by atoms with van der Waals surface area (Å²) in [6.07, 6.45) is 0.603. The SMILES string of the molecule is CCOc1ccc(NC(=O)C2CC(c3ccc(OC)cc3OC)NN2)cc1. The molecular weight excluding hydrogens is 346 g/mol. The number of rotatable bonds is 7. The number of hydrogen-bond donors (Lipinski definition) is 3. The number of methoxy groups -OCH3 is 2. The monoisotopic (exact) mass is 371 g/mol. The molecule has 2 unspecified atom stereocenters. The van der Waals surface area contributed by atoms with Gasteiger partial charge in [-0.1, -0.05) is 6.07 Å². The van der Waals surface area contributed by atoms with Gasteiger partial charge in [-0.05, 0) is 43.7 Å². The van der Waals surface area contributed by atoms with Crippen molar-refractivity contribution in [3.05, 3.63) is 48.0 Å². The molecule has 7 nitrogen and oxygen atoms in total. The van der Waals surface area contributed by atoms with E-state index in [-0.39, 0.29) is 18.0 Å². The van der Waals surface area contributed by atoms with Gasteiger partial charge in [0, 0.05) is 17.3 Å². The van der Waals surface area contributed by atoms with Gasteiger partial charge in [0.05, 0.1) is 26.9 Å². The zero-order chi connectivity index (χ0) is 19.2. The summed E-state index contributed by atoms with van der Waals surface area (Å²) in [5.41, 5.74) is 7.95. The largest absolute Gasteiger partial charge is 0.497 e. The fourth-order valence-electron chi connectivity index (χ4n) is 3.07. The molecule has 3 rings (SSSR count). The first kappa shape index (κ1) is 19.0. The van der Waals surface area contributed by atoms with Crippen LogP contribution in [0.15, 0.2) is 42.5 Å². The number of amides is 1. The lowest BCUT2D eigenvalue weighted by Gasteiger charge is -2.15. The smallest absolute Gasteiger partial charge is 0.242 e. The van der Waals surface area contributed by atoms with Crippen molar-refractivity contribution < 1.29 is 19.0 Å². The van der Waals surface area contributed by atoms with Crippen molar-refractivity contribution in [3.8, 4) is 17.2 Å². The van der Waals surface area contributed by atoms with Gasteiger partial charge in [-0.2, -0.15) is 0 Å². The molecule has 0 bridgehead atoms. The van der Waals surface area contributed by atoms with Crippen LogP contribution in [0.3, 0.4) is 0 Å². The van der Waals surface area contributed by atoms with E-state index >= 15 is 0 Å². The normalized spacial score (nSPS) is 18.8. The van der Waals surface area contributed by atoms with Crippen LogP contribution < -0.4 is 30.4 Å². The first-order valence-corrected chi connectivity index (χ1v) is 8.91. The Bertz CT molecular complexity index is 779. The quantitative estimate of drug-likeness (QED) is 0.694. The van der Waals surface area contributed by atoms with Crippen LogP contribution in [0.1, 0.15) is 24.9 Å². The van der Waals surface area contributed by atoms with E-state index in [2.05, 4.69) is 16.2 Å². The number of benzene rings is 2. The Morgan fingerprint density at radius 2 is 1.81 bits per heavy atom. The maximum absolute atomic E-state index is 12.6. The fourth-order valence-corrected chi connectivity index (χ4v) is 3.07. The Balaban J connectivity index is 1.62. The van der Waals surface area contributed by atoms with Crippen LogP contribution in [-0.2, 0) is 4.79 Å². The van der Waals surface area contributed by atoms with Gasteiger partial charge >= 0.3 is 0 Å². The van der Waals surface area contributed by atoms with E-state index in [1.807, 2.05) is 49.4 Å². The van der Waals surface area contributed by atoms with E-state index in [9.17, 15) is 4.79 Å². The van der Waals surface area contributed by atoms with Gasteiger partial charge in [0.15, 0.2) is 0 Å². The number of hydrogen-bond acceptors (Lipinski definition) is 6. The molecule has 1 saturated heterocycles. The Labute approximate surface area is 159 Å². The summed E-state index contributed by atoms with van der Waals surface area (Å²) in [4.78, 5) is 12.6. The molecule has 0 spiro atoms. The van der Waals surface area contributed by atoms with Crippen LogP contribution in [0.2, 0.25) is 0 Å². The van der Waals surface area contributed by atoms with Gasteiger partial charge in [-0.25, -0.2) is 10.9 Å². The first-order chi connectivity index (χ1) is 13.1. The number of carbonyl (C=O) groups excluding carboxylic acids is 1. The third-order valence-corrected chi connectivity index (χ3v) is 4.47. The van der Waals surface area contributed by atoms with Crippen LogP contribution in [0.4, 0.5) is 5.69 Å². The first-order valence-electron chi connectivity index (χ1n) is 8.91. The molecule has 3 N–H and O–H groups in total. The summed E-state index contributed by atoms with van der Waals surface area (Å²) >= 11 is 0. The van der Waals surface area contributed by atoms with Crippen LogP contribution in [0.5, 0.6) is 17.2 Å². The maximum atomic E-state index is 12.6. The summed E-state index contributed by atoms with van der Waals surface area (Å²) in [5, 5.41) is 2.92. The molecule has 144 valence electrons. The highest BCUT2D eigenvalue weighted by atomic mass is 16.5. The van der Waals surface area contributed by atoms with Crippen molar-refractivity contribution in [2.24, 2.45) is 0 Å². The van der Waals surface area contributed by atoms with Crippen molar-refractivity contribution in [1.29, 1.82) is 0 Å². The molecular formula is C20H25N3O4. The van der Waals surface area contributed by atoms with Gasteiger partial charge in [0.2, 0.25) is 5.91 Å². The van der Waals surface area contributed by atoms with Gasteiger partial charge < -0.3 is 19.5 Å². The van der Waals surface area contributed by atoms with Crippen molar-refractivity contribution in [3.63, 3.8) is 0 Å². The zero-order valence-electron chi connectivity index (χ0n) is 15.7. The van der Waals surface area contributed by atoms with E-state index in [1.54, 1.807) is 14.2 Å². The number of carbonyl (C=O) groups is 1. The van der Waals surface area contributed by atoms with Crippen molar-refractivity contribution >= 4 is 11.6 Å². The number of nitrogens with one attached hydrogen (secondary N) is 3. The zero-order valence-corrected chi connectivity index (χ0v) is 15.7. The predicted molar refractivity (Wildman–Crippen MR) is 103 cm³/mol. The highest BCUT2D eigenvalue weighted by Crippen LogP contribution is 2.33. The number of anilines is 1. The van der Waals surface area contributed by atoms with E-state index in [0.29, 0.717) is 13.0 Å². The van der Waals surface area contributed by atoms with Crippen LogP contribution in [0.25, 0.3) is 0 Å². The molecule has 0 aliphatic carbocycles. The molecule has 7 heteroatoms. The molecule has 2 aromatic rings. The second-order valence-electron chi connectivity index (χ2n) is 6.18. The van der Waals surface area contributed by atoms with Gasteiger partial charge in [-0.15, -0.1) is 0 Å². The Kier molecular flexibility index (Phi) is 6.16. The molecule has 27 heavy (non-hydrogen) atoms. The second-order valence-corrected chi connectivity index (χ2v) is 6.18. The lowest BCUT2D eigenvalue weighted by molar-refractivity contribution is -0.117. The molecule has 1 heterocycles. The second kappa shape index (κ2) is 8.75. The topological polar surface area (TPSA) is 80.9 Å². The lowest BCUT2D eigenvalue weighted by Crippen LogP contribution is -2.39. The average molecular weight is 371 g/mol. The van der Waals surface area contributed by atoms with E-state index in [4.69, 9.17) is 14.2 Å². The summed E-state index contributed by atoms with van der Waals surface area (Å²) in [6, 6.07) is 12.6. The van der Waals surface area contributed by atoms with Crippen molar-refractivity contribution in [2.75, 3.05) is 26.1 Å². The maximum Gasteiger partial charge on any atom is 0.242 e. The number of hydrazine groups is 1. The minimum absolute atomic E-state index is 0.0399. The Morgan fingerprint density at radius 1 is 1.07 bits per heavy atom. The average Bonchev–Trinajstić information content (AvgIpc) is 3.19. The molecule has 1 amide bonds. The summed E-state index contributed by atoms with van der Waals surface area (Å²) in [6.45, 7) is 2.54. The van der Waals surface area contributed by atoms with Gasteiger partial charge in [0.25, 0.3) is 0 Å². The van der Waals surface area contributed by atoms with Crippen LogP contribution in [0, 0.1) is 0 Å². The lowest BCUT2D eigenvalue weighted by atomic mass is 10.0. The highest BCUT2D eigenvalue weighted by Gasteiger charge is 2.31. The minimum Gasteiger partial charge on any atom is -0.497 e. The molecule has 1 aliphatic rings. The van der Waals surface area contributed by atoms with Crippen molar-refractivity contribution in [1.82, 2.24) is 10.9 Å². The minimum atomic E-state index is -0.353. The summed E-state index contributed by atoms with van der Waals surface area (Å²) < 4.78 is 16.1. The Morgan fingerprint density at radius 3 is 2.48 bits per heavy atom. The van der Waals surface area contributed by atoms with E-state index in [0.717, 1.165) is 28.5 Å². The third-order valence-electron chi connectivity index (χ3n) is 4.47.